The summed E-state index contributed by atoms with van der Waals surface area (Å²) >= 11 is 2.66. The average Bonchev–Trinajstić information content (AvgIpc) is 3.69. The number of thioether (sulfide) groups is 1. The largest absolute Gasteiger partial charge is 0.508 e. The van der Waals surface area contributed by atoms with Crippen LogP contribution >= 0.6 is 23.1 Å². The molecule has 11 heteroatoms. The van der Waals surface area contributed by atoms with Gasteiger partial charge in [0.15, 0.2) is 27.2 Å². The minimum Gasteiger partial charge on any atom is -0.508 e. The summed E-state index contributed by atoms with van der Waals surface area (Å²) in [6, 6.07) is 20.0. The Labute approximate surface area is 242 Å². The lowest BCUT2D eigenvalue weighted by Gasteiger charge is -2.23. The molecule has 0 saturated carbocycles. The number of phenolic OH excluding ortho intramolecular Hbond substituents is 1. The van der Waals surface area contributed by atoms with Crippen LogP contribution in [-0.4, -0.2) is 39.2 Å². The molecule has 0 spiro atoms. The number of para-hydroxylation sites is 1. The van der Waals surface area contributed by atoms with E-state index in [9.17, 15) is 19.8 Å². The summed E-state index contributed by atoms with van der Waals surface area (Å²) in [6.07, 6.45) is 0. The summed E-state index contributed by atoms with van der Waals surface area (Å²) in [5, 5.41) is 30.3. The average molecular weight is 586 g/mol. The van der Waals surface area contributed by atoms with Gasteiger partial charge >= 0.3 is 0 Å². The molecule has 5 aromatic rings. The topological polar surface area (TPSA) is 126 Å². The van der Waals surface area contributed by atoms with Gasteiger partial charge in [-0.3, -0.25) is 14.5 Å². The highest BCUT2D eigenvalue weighted by Crippen LogP contribution is 2.44. The van der Waals surface area contributed by atoms with E-state index in [4.69, 9.17) is 9.15 Å². The van der Waals surface area contributed by atoms with Crippen molar-refractivity contribution in [2.45, 2.75) is 23.1 Å². The number of Topliss-reactive ketones (excluding diaryl/α,β-unsaturated/α-hetero) is 1. The number of aryl methyl sites for hydroxylation is 1. The standard InChI is InChI=1S/C30H23N3O6S2/c1-16-6-8-17(9-7-16)15-40-30-32-31-29(41-30)33-24(18-10-12-20(34)13-11-18)23(26(36)28(33)37)25(35)22-14-19-4-3-5-21(38-2)27(19)39-22/h3-14,24,34,36H,15H2,1-2H3. The van der Waals surface area contributed by atoms with Crippen molar-refractivity contribution >= 4 is 50.9 Å². The van der Waals surface area contributed by atoms with E-state index in [2.05, 4.69) is 10.2 Å². The number of rotatable bonds is 8. The summed E-state index contributed by atoms with van der Waals surface area (Å²) < 4.78 is 11.8. The van der Waals surface area contributed by atoms with Gasteiger partial charge in [-0.15, -0.1) is 10.2 Å². The van der Waals surface area contributed by atoms with Crippen LogP contribution in [0.5, 0.6) is 11.5 Å². The van der Waals surface area contributed by atoms with Crippen LogP contribution in [0.25, 0.3) is 11.0 Å². The van der Waals surface area contributed by atoms with Crippen LogP contribution in [0.2, 0.25) is 0 Å². The molecule has 1 atom stereocenters. The molecule has 1 aliphatic heterocycles. The molecule has 2 aromatic heterocycles. The Balaban J connectivity index is 1.36. The summed E-state index contributed by atoms with van der Waals surface area (Å²) in [6.45, 7) is 2.03. The monoisotopic (exact) mass is 585 g/mol. The fourth-order valence-electron chi connectivity index (χ4n) is 4.64. The number of aromatic hydroxyl groups is 1. The zero-order valence-electron chi connectivity index (χ0n) is 21.9. The van der Waals surface area contributed by atoms with E-state index >= 15 is 0 Å². The quantitative estimate of drug-likeness (QED) is 0.121. The number of carbonyl (C=O) groups excluding carboxylic acids is 2. The smallest absolute Gasteiger partial charge is 0.296 e. The summed E-state index contributed by atoms with van der Waals surface area (Å²) in [5.74, 6) is -1.09. The van der Waals surface area contributed by atoms with Crippen LogP contribution in [0.1, 0.15) is 33.3 Å². The fraction of sp³-hybridized carbons (Fsp3) is 0.133. The van der Waals surface area contributed by atoms with Gasteiger partial charge in [-0.25, -0.2) is 0 Å². The number of hydrogen-bond acceptors (Lipinski definition) is 10. The Hall–Kier alpha value is -4.61. The number of methoxy groups -OCH3 is 1. The number of aromatic nitrogens is 2. The maximum Gasteiger partial charge on any atom is 0.296 e. The van der Waals surface area contributed by atoms with Gasteiger partial charge in [0, 0.05) is 11.1 Å². The lowest BCUT2D eigenvalue weighted by Crippen LogP contribution is -2.31. The number of aliphatic hydroxyl groups is 1. The van der Waals surface area contributed by atoms with Gasteiger partial charge in [0.25, 0.3) is 5.91 Å². The van der Waals surface area contributed by atoms with Crippen molar-refractivity contribution < 1.29 is 29.0 Å². The first-order valence-electron chi connectivity index (χ1n) is 12.5. The molecule has 0 bridgehead atoms. The van der Waals surface area contributed by atoms with E-state index in [1.54, 1.807) is 36.4 Å². The molecule has 2 N–H and O–H groups in total. The van der Waals surface area contributed by atoms with Crippen molar-refractivity contribution in [3.05, 3.63) is 107 Å². The SMILES string of the molecule is COc1cccc2cc(C(=O)C3=C(O)C(=O)N(c4nnc(SCc5ccc(C)cc5)s4)C3c3ccc(O)cc3)oc12. The van der Waals surface area contributed by atoms with Gasteiger partial charge in [-0.2, -0.15) is 0 Å². The minimum atomic E-state index is -1.03. The number of ketones is 1. The van der Waals surface area contributed by atoms with Crippen LogP contribution < -0.4 is 9.64 Å². The number of fused-ring (bicyclic) bond motifs is 1. The first-order chi connectivity index (χ1) is 19.8. The van der Waals surface area contributed by atoms with Crippen LogP contribution in [0.15, 0.2) is 92.9 Å². The predicted molar refractivity (Wildman–Crippen MR) is 156 cm³/mol. The number of ether oxygens (including phenoxy) is 1. The van der Waals surface area contributed by atoms with Gasteiger partial charge in [0.05, 0.1) is 18.7 Å². The van der Waals surface area contributed by atoms with Crippen molar-refractivity contribution in [2.24, 2.45) is 0 Å². The number of furan rings is 1. The molecule has 6 rings (SSSR count). The highest BCUT2D eigenvalue weighted by molar-refractivity contribution is 8.00. The zero-order chi connectivity index (χ0) is 28.7. The van der Waals surface area contributed by atoms with Gasteiger partial charge in [0.2, 0.25) is 10.9 Å². The Morgan fingerprint density at radius 2 is 1.83 bits per heavy atom. The Morgan fingerprint density at radius 3 is 2.56 bits per heavy atom. The summed E-state index contributed by atoms with van der Waals surface area (Å²) in [4.78, 5) is 28.6. The van der Waals surface area contributed by atoms with Crippen molar-refractivity contribution in [1.29, 1.82) is 0 Å². The van der Waals surface area contributed by atoms with Crippen LogP contribution in [0.3, 0.4) is 0 Å². The predicted octanol–water partition coefficient (Wildman–Crippen LogP) is 6.38. The number of aliphatic hydroxyl groups excluding tert-OH is 1. The first kappa shape index (κ1) is 26.6. The van der Waals surface area contributed by atoms with Crippen molar-refractivity contribution in [2.75, 3.05) is 12.0 Å². The molecule has 0 saturated heterocycles. The molecule has 1 unspecified atom stereocenters. The van der Waals surface area contributed by atoms with Crippen LogP contribution in [0, 0.1) is 6.92 Å². The summed E-state index contributed by atoms with van der Waals surface area (Å²) in [5.41, 5.74) is 2.99. The third kappa shape index (κ3) is 4.94. The minimum absolute atomic E-state index is 0.0146. The Morgan fingerprint density at radius 1 is 1.07 bits per heavy atom. The van der Waals surface area contributed by atoms with Crippen molar-refractivity contribution in [1.82, 2.24) is 10.2 Å². The summed E-state index contributed by atoms with van der Waals surface area (Å²) in [7, 11) is 1.50. The second-order valence-electron chi connectivity index (χ2n) is 9.37. The van der Waals surface area contributed by atoms with Crippen LogP contribution in [0.4, 0.5) is 5.13 Å². The van der Waals surface area contributed by atoms with Crippen molar-refractivity contribution in [3.8, 4) is 11.5 Å². The zero-order valence-corrected chi connectivity index (χ0v) is 23.5. The highest BCUT2D eigenvalue weighted by Gasteiger charge is 2.46. The maximum absolute atomic E-state index is 13.9. The number of anilines is 1. The van der Waals surface area contributed by atoms with Gasteiger partial charge in [-0.1, -0.05) is 77.2 Å². The van der Waals surface area contributed by atoms with Crippen LogP contribution in [-0.2, 0) is 10.5 Å². The van der Waals surface area contributed by atoms with Gasteiger partial charge in [-0.05, 0) is 42.3 Å². The molecular weight excluding hydrogens is 562 g/mol. The number of nitrogens with zero attached hydrogens (tertiary/aromatic N) is 3. The lowest BCUT2D eigenvalue weighted by atomic mass is 9.95. The lowest BCUT2D eigenvalue weighted by molar-refractivity contribution is -0.117. The van der Waals surface area contributed by atoms with Gasteiger partial charge < -0.3 is 19.4 Å². The molecular formula is C30H23N3O6S2. The van der Waals surface area contributed by atoms with E-state index in [0.717, 1.165) is 5.56 Å². The third-order valence-electron chi connectivity index (χ3n) is 6.70. The second kappa shape index (κ2) is 10.8. The number of benzene rings is 3. The van der Waals surface area contributed by atoms with E-state index in [0.29, 0.717) is 32.4 Å². The molecule has 3 heterocycles. The fourth-order valence-corrected chi connectivity index (χ4v) is 6.46. The third-order valence-corrected chi connectivity index (χ3v) is 8.83. The molecule has 41 heavy (non-hydrogen) atoms. The molecule has 1 aliphatic rings. The van der Waals surface area contributed by atoms with E-state index in [-0.39, 0.29) is 22.2 Å². The van der Waals surface area contributed by atoms with E-state index in [1.165, 1.54) is 52.8 Å². The maximum atomic E-state index is 13.9. The number of carbonyl (C=O) groups is 2. The Kier molecular flexibility index (Phi) is 6.98. The molecule has 0 fully saturated rings. The molecule has 0 radical (unpaired) electrons. The highest BCUT2D eigenvalue weighted by atomic mass is 32.2. The number of phenols is 1. The second-order valence-corrected chi connectivity index (χ2v) is 11.6. The number of amides is 1. The molecule has 206 valence electrons. The molecule has 0 aliphatic carbocycles. The van der Waals surface area contributed by atoms with Gasteiger partial charge in [0.1, 0.15) is 5.75 Å². The molecule has 1 amide bonds. The molecule has 9 nitrogen and oxygen atoms in total. The van der Waals surface area contributed by atoms with E-state index in [1.807, 2.05) is 31.2 Å². The van der Waals surface area contributed by atoms with E-state index < -0.39 is 23.5 Å². The first-order valence-corrected chi connectivity index (χ1v) is 14.3. The molecule has 3 aromatic carbocycles. The Bertz CT molecular complexity index is 1810. The van der Waals surface area contributed by atoms with Crippen molar-refractivity contribution in [3.63, 3.8) is 0 Å². The number of hydrogen-bond donors (Lipinski definition) is 2. The normalized spacial score (nSPS) is 15.2.